The maximum Gasteiger partial charge on any atom is -0.00836 e. The van der Waals surface area contributed by atoms with Crippen molar-refractivity contribution in [2.45, 2.75) is 34.6 Å². The fraction of sp³-hybridized carbons (Fsp3) is 0.714. The lowest BCUT2D eigenvalue weighted by Gasteiger charge is -2.18. The summed E-state index contributed by atoms with van der Waals surface area (Å²) in [5, 5.41) is 0. The molecular formula is C14H24. The van der Waals surface area contributed by atoms with Gasteiger partial charge in [-0.3, -0.25) is 0 Å². The van der Waals surface area contributed by atoms with E-state index in [4.69, 9.17) is 0 Å². The summed E-state index contributed by atoms with van der Waals surface area (Å²) >= 11 is 0. The predicted octanol–water partition coefficient (Wildman–Crippen LogP) is 4.29. The smallest absolute Gasteiger partial charge is 0.00836 e. The number of hydrogen-bond donors (Lipinski definition) is 0. The van der Waals surface area contributed by atoms with E-state index in [0.717, 1.165) is 23.7 Å². The molecule has 0 N–H and O–H groups in total. The molecule has 0 nitrogen and oxygen atoms in total. The van der Waals surface area contributed by atoms with E-state index in [9.17, 15) is 0 Å². The summed E-state index contributed by atoms with van der Waals surface area (Å²) in [6.45, 7) is 15.4. The van der Waals surface area contributed by atoms with Crippen molar-refractivity contribution in [3.63, 3.8) is 0 Å². The van der Waals surface area contributed by atoms with Crippen LogP contribution in [0, 0.1) is 29.1 Å². The maximum absolute atomic E-state index is 3.97. The van der Waals surface area contributed by atoms with E-state index in [1.165, 1.54) is 0 Å². The van der Waals surface area contributed by atoms with E-state index in [0.29, 0.717) is 5.41 Å². The van der Waals surface area contributed by atoms with Gasteiger partial charge in [-0.1, -0.05) is 45.9 Å². The van der Waals surface area contributed by atoms with Crippen LogP contribution in [0.4, 0.5) is 0 Å². The molecule has 4 atom stereocenters. The molecule has 0 bridgehead atoms. The molecule has 0 aromatic rings. The fourth-order valence-corrected chi connectivity index (χ4v) is 2.84. The van der Waals surface area contributed by atoms with Gasteiger partial charge >= 0.3 is 0 Å². The molecule has 1 saturated carbocycles. The Morgan fingerprint density at radius 2 is 1.93 bits per heavy atom. The average Bonchev–Trinajstić information content (AvgIpc) is 2.67. The zero-order valence-corrected chi connectivity index (χ0v) is 10.2. The SMILES string of the molecule is C=CC1(C)C(C)C1C(C=CC)C(C)C. The Morgan fingerprint density at radius 3 is 2.21 bits per heavy atom. The summed E-state index contributed by atoms with van der Waals surface area (Å²) in [4.78, 5) is 0. The van der Waals surface area contributed by atoms with Crippen LogP contribution >= 0.6 is 0 Å². The van der Waals surface area contributed by atoms with Gasteiger partial charge in [0.25, 0.3) is 0 Å². The van der Waals surface area contributed by atoms with Crippen LogP contribution in [0.15, 0.2) is 24.8 Å². The van der Waals surface area contributed by atoms with Gasteiger partial charge in [0.05, 0.1) is 0 Å². The Hall–Kier alpha value is -0.520. The summed E-state index contributed by atoms with van der Waals surface area (Å²) < 4.78 is 0. The molecular weight excluding hydrogens is 168 g/mol. The summed E-state index contributed by atoms with van der Waals surface area (Å²) in [5.74, 6) is 3.05. The zero-order chi connectivity index (χ0) is 10.9. The van der Waals surface area contributed by atoms with Gasteiger partial charge < -0.3 is 0 Å². The highest BCUT2D eigenvalue weighted by Crippen LogP contribution is 2.63. The number of hydrogen-bond acceptors (Lipinski definition) is 0. The van der Waals surface area contributed by atoms with E-state index in [-0.39, 0.29) is 0 Å². The third-order valence-electron chi connectivity index (χ3n) is 4.17. The molecule has 0 heteroatoms. The van der Waals surface area contributed by atoms with E-state index in [2.05, 4.69) is 59.4 Å². The van der Waals surface area contributed by atoms with Crippen molar-refractivity contribution in [3.05, 3.63) is 24.8 Å². The quantitative estimate of drug-likeness (QED) is 0.583. The molecule has 1 rings (SSSR count). The first kappa shape index (κ1) is 11.6. The van der Waals surface area contributed by atoms with Gasteiger partial charge in [0.15, 0.2) is 0 Å². The number of rotatable bonds is 4. The van der Waals surface area contributed by atoms with Crippen molar-refractivity contribution in [1.29, 1.82) is 0 Å². The molecule has 14 heavy (non-hydrogen) atoms. The van der Waals surface area contributed by atoms with E-state index >= 15 is 0 Å². The molecule has 1 aliphatic carbocycles. The Kier molecular flexibility index (Phi) is 3.24. The standard InChI is InChI=1S/C14H24/c1-7-9-12(10(3)4)13-11(5)14(13,6)8-2/h7-13H,2H2,1,3-6H3. The molecule has 0 aromatic carbocycles. The summed E-state index contributed by atoms with van der Waals surface area (Å²) in [5.41, 5.74) is 0.383. The summed E-state index contributed by atoms with van der Waals surface area (Å²) in [6, 6.07) is 0. The molecule has 0 spiro atoms. The Morgan fingerprint density at radius 1 is 1.36 bits per heavy atom. The molecule has 1 fully saturated rings. The van der Waals surface area contributed by atoms with Crippen LogP contribution in [0.25, 0.3) is 0 Å². The normalized spacial score (nSPS) is 39.0. The van der Waals surface area contributed by atoms with Crippen molar-refractivity contribution >= 4 is 0 Å². The highest BCUT2D eigenvalue weighted by Gasteiger charge is 2.58. The van der Waals surface area contributed by atoms with Gasteiger partial charge in [0, 0.05) is 0 Å². The van der Waals surface area contributed by atoms with Crippen LogP contribution in [0.1, 0.15) is 34.6 Å². The van der Waals surface area contributed by atoms with E-state index in [1.807, 2.05) is 0 Å². The van der Waals surface area contributed by atoms with E-state index < -0.39 is 0 Å². The minimum absolute atomic E-state index is 0.383. The average molecular weight is 192 g/mol. The first-order chi connectivity index (χ1) is 6.49. The van der Waals surface area contributed by atoms with Crippen molar-refractivity contribution in [1.82, 2.24) is 0 Å². The van der Waals surface area contributed by atoms with Crippen LogP contribution in [0.2, 0.25) is 0 Å². The second-order valence-corrected chi connectivity index (χ2v) is 5.23. The second kappa shape index (κ2) is 3.92. The Bertz CT molecular complexity index is 236. The van der Waals surface area contributed by atoms with Gasteiger partial charge in [0.1, 0.15) is 0 Å². The topological polar surface area (TPSA) is 0 Å². The van der Waals surface area contributed by atoms with Crippen LogP contribution in [0.3, 0.4) is 0 Å². The van der Waals surface area contributed by atoms with Gasteiger partial charge in [-0.15, -0.1) is 6.58 Å². The Labute approximate surface area is 89.1 Å². The van der Waals surface area contributed by atoms with Crippen LogP contribution in [-0.4, -0.2) is 0 Å². The lowest BCUT2D eigenvalue weighted by molar-refractivity contribution is 0.375. The van der Waals surface area contributed by atoms with Gasteiger partial charge in [-0.2, -0.15) is 0 Å². The van der Waals surface area contributed by atoms with Crippen LogP contribution in [0.5, 0.6) is 0 Å². The van der Waals surface area contributed by atoms with Crippen molar-refractivity contribution < 1.29 is 0 Å². The van der Waals surface area contributed by atoms with Crippen LogP contribution in [-0.2, 0) is 0 Å². The lowest BCUT2D eigenvalue weighted by Crippen LogP contribution is -2.12. The predicted molar refractivity (Wildman–Crippen MR) is 64.1 cm³/mol. The number of allylic oxidation sites excluding steroid dienone is 3. The molecule has 0 heterocycles. The molecule has 0 saturated heterocycles. The van der Waals surface area contributed by atoms with Crippen molar-refractivity contribution in [3.8, 4) is 0 Å². The first-order valence-electron chi connectivity index (χ1n) is 5.75. The van der Waals surface area contributed by atoms with Crippen molar-refractivity contribution in [2.24, 2.45) is 29.1 Å². The third-order valence-corrected chi connectivity index (χ3v) is 4.17. The Balaban J connectivity index is 2.78. The lowest BCUT2D eigenvalue weighted by atomic mass is 9.86. The molecule has 4 unspecified atom stereocenters. The van der Waals surface area contributed by atoms with Crippen molar-refractivity contribution in [2.75, 3.05) is 0 Å². The molecule has 0 aromatic heterocycles. The molecule has 80 valence electrons. The van der Waals surface area contributed by atoms with Gasteiger partial charge in [-0.25, -0.2) is 0 Å². The minimum atomic E-state index is 0.383. The highest BCUT2D eigenvalue weighted by atomic mass is 14.6. The summed E-state index contributed by atoms with van der Waals surface area (Å²) in [6.07, 6.45) is 6.72. The van der Waals surface area contributed by atoms with Gasteiger partial charge in [0.2, 0.25) is 0 Å². The molecule has 0 radical (unpaired) electrons. The molecule has 1 aliphatic rings. The maximum atomic E-state index is 3.97. The largest absolute Gasteiger partial charge is 0.103 e. The fourth-order valence-electron chi connectivity index (χ4n) is 2.84. The first-order valence-corrected chi connectivity index (χ1v) is 5.75. The van der Waals surface area contributed by atoms with Crippen LogP contribution < -0.4 is 0 Å². The second-order valence-electron chi connectivity index (χ2n) is 5.23. The van der Waals surface area contributed by atoms with Gasteiger partial charge in [-0.05, 0) is 36.0 Å². The summed E-state index contributed by atoms with van der Waals surface area (Å²) in [7, 11) is 0. The minimum Gasteiger partial charge on any atom is -0.103 e. The third kappa shape index (κ3) is 1.67. The van der Waals surface area contributed by atoms with E-state index in [1.54, 1.807) is 0 Å². The molecule has 0 aliphatic heterocycles. The highest BCUT2D eigenvalue weighted by molar-refractivity contribution is 5.19. The monoisotopic (exact) mass is 192 g/mol. The molecule has 0 amide bonds. The zero-order valence-electron chi connectivity index (χ0n) is 10.2.